The molecule has 2 N–H and O–H groups in total. The highest BCUT2D eigenvalue weighted by atomic mass is 79.9. The maximum atomic E-state index is 12.5. The topological polar surface area (TPSA) is 95.7 Å². The largest absolute Gasteiger partial charge is 0.394 e. The van der Waals surface area contributed by atoms with Crippen LogP contribution in [-0.2, 0) is 11.3 Å². The minimum absolute atomic E-state index is 0.0239. The molecule has 0 bridgehead atoms. The molecule has 8 nitrogen and oxygen atoms in total. The van der Waals surface area contributed by atoms with Crippen molar-refractivity contribution in [3.63, 3.8) is 0 Å². The van der Waals surface area contributed by atoms with Gasteiger partial charge in [-0.05, 0) is 33.5 Å². The van der Waals surface area contributed by atoms with Gasteiger partial charge in [-0.15, -0.1) is 0 Å². The summed E-state index contributed by atoms with van der Waals surface area (Å²) in [4.78, 5) is 27.2. The lowest BCUT2D eigenvalue weighted by atomic mass is 10.1. The van der Waals surface area contributed by atoms with Crippen LogP contribution in [0.4, 0.5) is 11.6 Å². The number of carbonyl (C=O) groups is 1. The molecule has 148 valence electrons. The van der Waals surface area contributed by atoms with Gasteiger partial charge in [0.15, 0.2) is 11.5 Å². The molecule has 0 saturated heterocycles. The van der Waals surface area contributed by atoms with Crippen LogP contribution in [0, 0.1) is 5.92 Å². The van der Waals surface area contributed by atoms with Gasteiger partial charge in [-0.1, -0.05) is 19.9 Å². The van der Waals surface area contributed by atoms with E-state index in [-0.39, 0.29) is 24.5 Å². The Kier molecular flexibility index (Phi) is 6.25. The van der Waals surface area contributed by atoms with Gasteiger partial charge in [0.1, 0.15) is 10.4 Å². The van der Waals surface area contributed by atoms with Gasteiger partial charge in [0.2, 0.25) is 5.91 Å². The molecular weight excluding hydrogens is 424 g/mol. The van der Waals surface area contributed by atoms with E-state index in [1.165, 1.54) is 6.92 Å². The minimum atomic E-state index is -0.163. The fraction of sp³-hybridized carbons (Fsp3) is 0.368. The van der Waals surface area contributed by atoms with E-state index in [9.17, 15) is 9.90 Å². The highest BCUT2D eigenvalue weighted by Crippen LogP contribution is 2.26. The van der Waals surface area contributed by atoms with Crippen molar-refractivity contribution >= 4 is 39.1 Å². The predicted molar refractivity (Wildman–Crippen MR) is 111 cm³/mol. The van der Waals surface area contributed by atoms with Gasteiger partial charge < -0.3 is 10.4 Å². The maximum Gasteiger partial charge on any atom is 0.225 e. The second-order valence-corrected chi connectivity index (χ2v) is 7.68. The molecule has 0 radical (unpaired) electrons. The van der Waals surface area contributed by atoms with Gasteiger partial charge in [0.05, 0.1) is 31.6 Å². The van der Waals surface area contributed by atoms with Crippen molar-refractivity contribution in [2.45, 2.75) is 33.4 Å². The normalized spacial score (nSPS) is 12.4. The molecule has 1 amide bonds. The number of aliphatic hydroxyl groups is 1. The van der Waals surface area contributed by atoms with Crippen molar-refractivity contribution in [3.8, 4) is 0 Å². The first-order chi connectivity index (χ1) is 13.4. The highest BCUT2D eigenvalue weighted by molar-refractivity contribution is 9.10. The van der Waals surface area contributed by atoms with Gasteiger partial charge in [-0.25, -0.2) is 9.97 Å². The Morgan fingerprint density at radius 2 is 2.18 bits per heavy atom. The lowest BCUT2D eigenvalue weighted by Crippen LogP contribution is -2.32. The summed E-state index contributed by atoms with van der Waals surface area (Å²) in [6.45, 7) is 5.84. The Morgan fingerprint density at radius 3 is 2.79 bits per heavy atom. The van der Waals surface area contributed by atoms with Crippen LogP contribution in [0.15, 0.2) is 41.5 Å². The lowest BCUT2D eigenvalue weighted by molar-refractivity contribution is -0.116. The van der Waals surface area contributed by atoms with Crippen LogP contribution in [0.2, 0.25) is 0 Å². The molecular formula is C19H23BrN6O2. The van der Waals surface area contributed by atoms with Gasteiger partial charge in [0, 0.05) is 19.3 Å². The zero-order chi connectivity index (χ0) is 20.3. The zero-order valence-electron chi connectivity index (χ0n) is 16.0. The van der Waals surface area contributed by atoms with E-state index in [0.717, 1.165) is 10.2 Å². The number of fused-ring (bicyclic) bond motifs is 1. The van der Waals surface area contributed by atoms with Gasteiger partial charge >= 0.3 is 0 Å². The standard InChI is InChI=1S/C19H23BrN6O2/c1-12(2)15(11-27)23-17-10-26-16(20)8-22-18(26)19(24-17)25(13(3)28)9-14-5-4-6-21-7-14/h4-8,10,12,15,23,27H,9,11H2,1-3H3. The summed E-state index contributed by atoms with van der Waals surface area (Å²) in [6.07, 6.45) is 6.87. The van der Waals surface area contributed by atoms with Gasteiger partial charge in [0.25, 0.3) is 0 Å². The number of anilines is 2. The number of rotatable bonds is 7. The number of imidazole rings is 1. The summed E-state index contributed by atoms with van der Waals surface area (Å²) in [5.74, 6) is 1.03. The smallest absolute Gasteiger partial charge is 0.225 e. The van der Waals surface area contributed by atoms with Crippen LogP contribution < -0.4 is 10.2 Å². The summed E-state index contributed by atoms with van der Waals surface area (Å²) in [5.41, 5.74) is 1.44. The summed E-state index contributed by atoms with van der Waals surface area (Å²) >= 11 is 3.48. The molecule has 3 heterocycles. The van der Waals surface area contributed by atoms with E-state index in [2.05, 4.69) is 36.2 Å². The van der Waals surface area contributed by atoms with E-state index in [1.807, 2.05) is 30.4 Å². The number of hydrogen-bond donors (Lipinski definition) is 2. The number of pyridine rings is 1. The molecule has 0 saturated carbocycles. The second kappa shape index (κ2) is 8.66. The van der Waals surface area contributed by atoms with Crippen LogP contribution in [0.3, 0.4) is 0 Å². The molecule has 3 aromatic rings. The average molecular weight is 447 g/mol. The van der Waals surface area contributed by atoms with E-state index in [0.29, 0.717) is 23.8 Å². The Labute approximate surface area is 171 Å². The maximum absolute atomic E-state index is 12.5. The molecule has 3 aromatic heterocycles. The third-order valence-corrected chi connectivity index (χ3v) is 5.05. The van der Waals surface area contributed by atoms with E-state index < -0.39 is 0 Å². The number of carbonyl (C=O) groups excluding carboxylic acids is 1. The number of amides is 1. The Hall–Kier alpha value is -2.52. The zero-order valence-corrected chi connectivity index (χ0v) is 17.6. The van der Waals surface area contributed by atoms with Crippen LogP contribution in [0.25, 0.3) is 5.65 Å². The molecule has 28 heavy (non-hydrogen) atoms. The van der Waals surface area contributed by atoms with Crippen LogP contribution in [-0.4, -0.2) is 43.0 Å². The molecule has 0 aromatic carbocycles. The Morgan fingerprint density at radius 1 is 1.39 bits per heavy atom. The van der Waals surface area contributed by atoms with Crippen LogP contribution in [0.5, 0.6) is 0 Å². The number of halogens is 1. The van der Waals surface area contributed by atoms with Crippen molar-refractivity contribution in [3.05, 3.63) is 47.1 Å². The first-order valence-corrected chi connectivity index (χ1v) is 9.78. The lowest BCUT2D eigenvalue weighted by Gasteiger charge is -2.24. The van der Waals surface area contributed by atoms with E-state index in [4.69, 9.17) is 0 Å². The minimum Gasteiger partial charge on any atom is -0.394 e. The SMILES string of the molecule is CC(=O)N(Cc1cccnc1)c1nc(NC(CO)C(C)C)cn2c(Br)cnc12. The number of aliphatic hydroxyl groups excluding tert-OH is 1. The number of nitrogens with zero attached hydrogens (tertiary/aromatic N) is 5. The molecule has 0 aliphatic rings. The first-order valence-electron chi connectivity index (χ1n) is 8.98. The summed E-state index contributed by atoms with van der Waals surface area (Å²) in [6, 6.07) is 3.57. The average Bonchev–Trinajstić information content (AvgIpc) is 3.05. The van der Waals surface area contributed by atoms with Crippen molar-refractivity contribution in [2.24, 2.45) is 5.92 Å². The number of nitrogens with one attached hydrogen (secondary N) is 1. The Bertz CT molecular complexity index is 960. The molecule has 9 heteroatoms. The van der Waals surface area contributed by atoms with Crippen molar-refractivity contribution in [1.82, 2.24) is 19.4 Å². The third-order valence-electron chi connectivity index (χ3n) is 4.46. The monoisotopic (exact) mass is 446 g/mol. The summed E-state index contributed by atoms with van der Waals surface area (Å²) in [7, 11) is 0. The van der Waals surface area contributed by atoms with Gasteiger partial charge in [-0.2, -0.15) is 0 Å². The molecule has 1 unspecified atom stereocenters. The molecule has 0 aliphatic heterocycles. The Balaban J connectivity index is 2.07. The molecule has 0 spiro atoms. The first kappa shape index (κ1) is 20.2. The number of hydrogen-bond acceptors (Lipinski definition) is 6. The summed E-state index contributed by atoms with van der Waals surface area (Å²) in [5, 5.41) is 12.9. The molecule has 3 rings (SSSR count). The van der Waals surface area contributed by atoms with E-state index >= 15 is 0 Å². The molecule has 1 atom stereocenters. The van der Waals surface area contributed by atoms with Crippen molar-refractivity contribution in [1.29, 1.82) is 0 Å². The molecule has 0 fully saturated rings. The quantitative estimate of drug-likeness (QED) is 0.579. The highest BCUT2D eigenvalue weighted by Gasteiger charge is 2.22. The van der Waals surface area contributed by atoms with Gasteiger partial charge in [-0.3, -0.25) is 19.1 Å². The number of aromatic nitrogens is 4. The third kappa shape index (κ3) is 4.31. The van der Waals surface area contributed by atoms with Crippen molar-refractivity contribution < 1.29 is 9.90 Å². The van der Waals surface area contributed by atoms with Crippen LogP contribution in [0.1, 0.15) is 26.3 Å². The fourth-order valence-electron chi connectivity index (χ4n) is 2.82. The predicted octanol–water partition coefficient (Wildman–Crippen LogP) is 2.87. The second-order valence-electron chi connectivity index (χ2n) is 6.87. The fourth-order valence-corrected chi connectivity index (χ4v) is 3.19. The van der Waals surface area contributed by atoms with Crippen molar-refractivity contribution in [2.75, 3.05) is 16.8 Å². The van der Waals surface area contributed by atoms with Crippen LogP contribution >= 0.6 is 15.9 Å². The molecule has 0 aliphatic carbocycles. The van der Waals surface area contributed by atoms with E-state index in [1.54, 1.807) is 29.7 Å². The summed E-state index contributed by atoms with van der Waals surface area (Å²) < 4.78 is 2.56.